The molecule has 122 valence electrons. The first-order valence-corrected chi connectivity index (χ1v) is 8.14. The third kappa shape index (κ3) is 3.99. The topological polar surface area (TPSA) is 45.2 Å². The highest BCUT2D eigenvalue weighted by atomic mass is 35.5. The van der Waals surface area contributed by atoms with Gasteiger partial charge in [0.25, 0.3) is 0 Å². The maximum atomic E-state index is 12.7. The molecule has 2 aliphatic rings. The normalized spacial score (nSPS) is 28.2. The number of carbonyl (C=O) groups excluding carboxylic acids is 1. The number of halogens is 1. The Balaban J connectivity index is 0.00000176. The van der Waals surface area contributed by atoms with Gasteiger partial charge in [-0.2, -0.15) is 0 Å². The van der Waals surface area contributed by atoms with E-state index in [2.05, 4.69) is 28.2 Å². The van der Waals surface area contributed by atoms with Crippen molar-refractivity contribution in [2.45, 2.75) is 38.6 Å². The summed E-state index contributed by atoms with van der Waals surface area (Å²) in [5.41, 5.74) is 1.14. The Hall–Kier alpha value is -1.13. The number of hydrogen-bond donors (Lipinski definition) is 1. The highest BCUT2D eigenvalue weighted by Crippen LogP contribution is 2.34. The van der Waals surface area contributed by atoms with Gasteiger partial charge in [-0.05, 0) is 36.3 Å². The van der Waals surface area contributed by atoms with Crippen molar-refractivity contribution < 1.29 is 4.79 Å². The number of aromatic nitrogens is 1. The van der Waals surface area contributed by atoms with E-state index in [0.717, 1.165) is 37.5 Å². The van der Waals surface area contributed by atoms with Crippen molar-refractivity contribution in [3.8, 4) is 0 Å². The minimum Gasteiger partial charge on any atom is -0.333 e. The minimum atomic E-state index is 0. The summed E-state index contributed by atoms with van der Waals surface area (Å²) in [5.74, 6) is 1.71. The van der Waals surface area contributed by atoms with Crippen molar-refractivity contribution in [2.24, 2.45) is 11.8 Å². The summed E-state index contributed by atoms with van der Waals surface area (Å²) < 4.78 is 0. The van der Waals surface area contributed by atoms with Crippen molar-refractivity contribution in [2.75, 3.05) is 19.6 Å². The van der Waals surface area contributed by atoms with Gasteiger partial charge in [0, 0.05) is 38.4 Å². The second-order valence-electron chi connectivity index (χ2n) is 6.58. The standard InChI is InChI=1S/C17H25N3O.ClH/c1-13-4-5-14(9-13)10-17(21)20-8-7-19-12-16(20)15-3-2-6-18-11-15;/h2-3,6,11,13-14,16,19H,4-5,7-10,12H2,1H3;1H. The number of piperazine rings is 1. The van der Waals surface area contributed by atoms with Gasteiger partial charge in [0.1, 0.15) is 0 Å². The van der Waals surface area contributed by atoms with E-state index in [1.165, 1.54) is 19.3 Å². The lowest BCUT2D eigenvalue weighted by molar-refractivity contribution is -0.135. The van der Waals surface area contributed by atoms with Crippen LogP contribution in [-0.2, 0) is 4.79 Å². The molecule has 22 heavy (non-hydrogen) atoms. The van der Waals surface area contributed by atoms with Crippen molar-refractivity contribution >= 4 is 18.3 Å². The van der Waals surface area contributed by atoms with E-state index >= 15 is 0 Å². The van der Waals surface area contributed by atoms with Crippen molar-refractivity contribution in [3.05, 3.63) is 30.1 Å². The summed E-state index contributed by atoms with van der Waals surface area (Å²) in [6.45, 7) is 4.83. The molecule has 0 spiro atoms. The first-order valence-electron chi connectivity index (χ1n) is 8.14. The smallest absolute Gasteiger partial charge is 0.223 e. The molecule has 1 aromatic heterocycles. The first kappa shape index (κ1) is 17.2. The third-order valence-corrected chi connectivity index (χ3v) is 4.90. The number of pyridine rings is 1. The number of carbonyl (C=O) groups is 1. The average Bonchev–Trinajstić information content (AvgIpc) is 2.93. The summed E-state index contributed by atoms with van der Waals surface area (Å²) in [4.78, 5) is 19.0. The molecule has 1 saturated heterocycles. The van der Waals surface area contributed by atoms with E-state index in [0.29, 0.717) is 11.8 Å². The maximum absolute atomic E-state index is 12.7. The largest absolute Gasteiger partial charge is 0.333 e. The molecule has 1 N–H and O–H groups in total. The Labute approximate surface area is 139 Å². The summed E-state index contributed by atoms with van der Waals surface area (Å²) in [6, 6.07) is 4.16. The van der Waals surface area contributed by atoms with Gasteiger partial charge in [0.15, 0.2) is 0 Å². The first-order chi connectivity index (χ1) is 10.2. The zero-order chi connectivity index (χ0) is 14.7. The molecule has 1 aliphatic heterocycles. The van der Waals surface area contributed by atoms with E-state index in [1.807, 2.05) is 12.3 Å². The minimum absolute atomic E-state index is 0. The molecule has 0 aromatic carbocycles. The molecule has 0 bridgehead atoms. The van der Waals surface area contributed by atoms with Crippen LogP contribution in [0, 0.1) is 11.8 Å². The fourth-order valence-electron chi connectivity index (χ4n) is 3.75. The van der Waals surface area contributed by atoms with E-state index in [4.69, 9.17) is 0 Å². The SMILES string of the molecule is CC1CCC(CC(=O)N2CCNCC2c2cccnc2)C1.Cl. The van der Waals surface area contributed by atoms with Crippen LogP contribution >= 0.6 is 12.4 Å². The van der Waals surface area contributed by atoms with Crippen LogP contribution in [0.3, 0.4) is 0 Å². The Kier molecular flexibility index (Phi) is 6.21. The van der Waals surface area contributed by atoms with Crippen LogP contribution in [0.5, 0.6) is 0 Å². The maximum Gasteiger partial charge on any atom is 0.223 e. The number of hydrogen-bond acceptors (Lipinski definition) is 3. The van der Waals surface area contributed by atoms with Crippen molar-refractivity contribution in [3.63, 3.8) is 0 Å². The second-order valence-corrected chi connectivity index (χ2v) is 6.58. The van der Waals surface area contributed by atoms with Crippen LogP contribution in [0.2, 0.25) is 0 Å². The summed E-state index contributed by atoms with van der Waals surface area (Å²) in [7, 11) is 0. The number of nitrogens with one attached hydrogen (secondary N) is 1. The number of nitrogens with zero attached hydrogens (tertiary/aromatic N) is 2. The van der Waals surface area contributed by atoms with Gasteiger partial charge < -0.3 is 10.2 Å². The molecule has 3 atom stereocenters. The van der Waals surface area contributed by atoms with Crippen molar-refractivity contribution in [1.29, 1.82) is 0 Å². The van der Waals surface area contributed by atoms with Gasteiger partial charge in [0.2, 0.25) is 5.91 Å². The summed E-state index contributed by atoms with van der Waals surface area (Å²) in [5, 5.41) is 3.40. The molecule has 1 amide bonds. The van der Waals surface area contributed by atoms with E-state index in [9.17, 15) is 4.79 Å². The highest BCUT2D eigenvalue weighted by Gasteiger charge is 2.31. The molecule has 1 aromatic rings. The van der Waals surface area contributed by atoms with Gasteiger partial charge in [-0.1, -0.05) is 19.4 Å². The fourth-order valence-corrected chi connectivity index (χ4v) is 3.75. The molecule has 4 nitrogen and oxygen atoms in total. The van der Waals surface area contributed by atoms with E-state index < -0.39 is 0 Å². The molecule has 1 aliphatic carbocycles. The Bertz CT molecular complexity index is 482. The van der Waals surface area contributed by atoms with Crippen molar-refractivity contribution in [1.82, 2.24) is 15.2 Å². The van der Waals surface area contributed by atoms with Crippen LogP contribution in [-0.4, -0.2) is 35.4 Å². The number of rotatable bonds is 3. The predicted molar refractivity (Wildman–Crippen MR) is 89.9 cm³/mol. The average molecular weight is 324 g/mol. The lowest BCUT2D eigenvalue weighted by Crippen LogP contribution is -2.49. The zero-order valence-electron chi connectivity index (χ0n) is 13.2. The predicted octanol–water partition coefficient (Wildman–Crippen LogP) is 2.80. The van der Waals surface area contributed by atoms with Crippen LogP contribution in [0.4, 0.5) is 0 Å². The Morgan fingerprint density at radius 3 is 3.00 bits per heavy atom. The molecule has 2 heterocycles. The Morgan fingerprint density at radius 1 is 1.45 bits per heavy atom. The zero-order valence-corrected chi connectivity index (χ0v) is 14.0. The van der Waals surface area contributed by atoms with Gasteiger partial charge in [-0.25, -0.2) is 0 Å². The molecule has 1 saturated carbocycles. The molecular weight excluding hydrogens is 298 g/mol. The van der Waals surface area contributed by atoms with Crippen LogP contribution in [0.25, 0.3) is 0 Å². The highest BCUT2D eigenvalue weighted by molar-refractivity contribution is 5.85. The third-order valence-electron chi connectivity index (χ3n) is 4.90. The second kappa shape index (κ2) is 7.93. The monoisotopic (exact) mass is 323 g/mol. The molecule has 3 unspecified atom stereocenters. The van der Waals surface area contributed by atoms with Gasteiger partial charge in [0.05, 0.1) is 6.04 Å². The lowest BCUT2D eigenvalue weighted by Gasteiger charge is -2.37. The van der Waals surface area contributed by atoms with Crippen LogP contribution in [0.1, 0.15) is 44.2 Å². The molecular formula is C17H26ClN3O. The van der Waals surface area contributed by atoms with Crippen LogP contribution < -0.4 is 5.32 Å². The van der Waals surface area contributed by atoms with Gasteiger partial charge in [-0.15, -0.1) is 12.4 Å². The van der Waals surface area contributed by atoms with Crippen LogP contribution in [0.15, 0.2) is 24.5 Å². The summed E-state index contributed by atoms with van der Waals surface area (Å²) >= 11 is 0. The quantitative estimate of drug-likeness (QED) is 0.930. The van der Waals surface area contributed by atoms with Gasteiger partial charge >= 0.3 is 0 Å². The van der Waals surface area contributed by atoms with E-state index in [1.54, 1.807) is 6.20 Å². The van der Waals surface area contributed by atoms with E-state index in [-0.39, 0.29) is 18.4 Å². The molecule has 5 heteroatoms. The van der Waals surface area contributed by atoms with Gasteiger partial charge in [-0.3, -0.25) is 9.78 Å². The number of amides is 1. The summed E-state index contributed by atoms with van der Waals surface area (Å²) in [6.07, 6.45) is 8.11. The molecule has 2 fully saturated rings. The fraction of sp³-hybridized carbons (Fsp3) is 0.647. The lowest BCUT2D eigenvalue weighted by atomic mass is 9.99. The Morgan fingerprint density at radius 2 is 2.32 bits per heavy atom. The molecule has 0 radical (unpaired) electrons. The molecule has 3 rings (SSSR count).